The molecule has 3 saturated heterocycles. The summed E-state index contributed by atoms with van der Waals surface area (Å²) in [7, 11) is 0. The van der Waals surface area contributed by atoms with E-state index in [1.807, 2.05) is 0 Å². The fraction of sp³-hybridized carbons (Fsp3) is 0.750. The first-order valence-electron chi connectivity index (χ1n) is 8.66. The van der Waals surface area contributed by atoms with Crippen LogP contribution in [0.15, 0.2) is 6.20 Å². The summed E-state index contributed by atoms with van der Waals surface area (Å²) < 4.78 is 1.79. The predicted octanol–water partition coefficient (Wildman–Crippen LogP) is -0.947. The number of fused-ring (bicyclic) bond motifs is 3. The van der Waals surface area contributed by atoms with Gasteiger partial charge in [0.05, 0.1) is 31.7 Å². The number of carbonyl (C=O) groups excluding carboxylic acids is 2. The molecule has 1 aromatic heterocycles. The van der Waals surface area contributed by atoms with E-state index in [4.69, 9.17) is 0 Å². The smallest absolute Gasteiger partial charge is 0.229 e. The van der Waals surface area contributed by atoms with Crippen molar-refractivity contribution in [3.05, 3.63) is 11.9 Å². The lowest BCUT2D eigenvalue weighted by Crippen LogP contribution is -3.20. The van der Waals surface area contributed by atoms with Crippen LogP contribution in [0.25, 0.3) is 0 Å². The van der Waals surface area contributed by atoms with Gasteiger partial charge in [-0.05, 0) is 18.8 Å². The van der Waals surface area contributed by atoms with Gasteiger partial charge in [0, 0.05) is 25.8 Å². The molecule has 3 aliphatic heterocycles. The molecule has 2 N–H and O–H groups in total. The molecule has 0 spiro atoms. The van der Waals surface area contributed by atoms with Crippen LogP contribution in [0.1, 0.15) is 43.1 Å². The highest BCUT2D eigenvalue weighted by Gasteiger charge is 2.47. The van der Waals surface area contributed by atoms with Crippen molar-refractivity contribution in [1.82, 2.24) is 20.3 Å². The van der Waals surface area contributed by atoms with Crippen molar-refractivity contribution >= 4 is 11.7 Å². The Morgan fingerprint density at radius 1 is 1.39 bits per heavy atom. The molecule has 4 heterocycles. The zero-order valence-corrected chi connectivity index (χ0v) is 13.5. The second-order valence-electron chi connectivity index (χ2n) is 7.37. The SMILES string of the molecule is CC(=O)c1cn(C[C@H]2C[C@@H]3CC[NH+]2C[C@@H]3C(=O)NC2CC2)nn1. The first kappa shape index (κ1) is 14.8. The number of hydrogen-bond donors (Lipinski definition) is 2. The number of carbonyl (C=O) groups is 2. The summed E-state index contributed by atoms with van der Waals surface area (Å²) in [5.41, 5.74) is 0.428. The largest absolute Gasteiger partial charge is 0.353 e. The van der Waals surface area contributed by atoms with Gasteiger partial charge in [-0.1, -0.05) is 5.21 Å². The Morgan fingerprint density at radius 2 is 2.22 bits per heavy atom. The van der Waals surface area contributed by atoms with E-state index in [2.05, 4.69) is 15.6 Å². The number of nitrogens with zero attached hydrogens (tertiary/aromatic N) is 3. The van der Waals surface area contributed by atoms with Gasteiger partial charge in [0.1, 0.15) is 11.7 Å². The molecular weight excluding hydrogens is 294 g/mol. The minimum absolute atomic E-state index is 0.0501. The van der Waals surface area contributed by atoms with Gasteiger partial charge in [-0.15, -0.1) is 5.10 Å². The second kappa shape index (κ2) is 5.70. The van der Waals surface area contributed by atoms with Crippen LogP contribution >= 0.6 is 0 Å². The van der Waals surface area contributed by atoms with E-state index in [1.165, 1.54) is 11.8 Å². The number of Topliss-reactive ketones (excluding diaryl/α,β-unsaturated/α-hetero) is 1. The summed E-state index contributed by atoms with van der Waals surface area (Å²) in [5.74, 6) is 0.893. The van der Waals surface area contributed by atoms with Crippen molar-refractivity contribution in [1.29, 1.82) is 0 Å². The average molecular weight is 318 g/mol. The second-order valence-corrected chi connectivity index (χ2v) is 7.37. The third kappa shape index (κ3) is 3.02. The van der Waals surface area contributed by atoms with Crippen LogP contribution in [-0.2, 0) is 11.3 Å². The van der Waals surface area contributed by atoms with Crippen LogP contribution in [0.2, 0.25) is 0 Å². The molecule has 1 aliphatic carbocycles. The summed E-state index contributed by atoms with van der Waals surface area (Å²) in [6, 6.07) is 0.920. The highest BCUT2D eigenvalue weighted by atomic mass is 16.2. The molecule has 0 radical (unpaired) electrons. The van der Waals surface area contributed by atoms with Crippen LogP contribution in [0.4, 0.5) is 0 Å². The molecule has 0 aromatic carbocycles. The third-order valence-corrected chi connectivity index (χ3v) is 5.62. The number of quaternary nitrogens is 1. The molecule has 1 unspecified atom stereocenters. The quantitative estimate of drug-likeness (QED) is 0.686. The summed E-state index contributed by atoms with van der Waals surface area (Å²) in [5, 5.41) is 11.2. The maximum absolute atomic E-state index is 12.4. The highest BCUT2D eigenvalue weighted by molar-refractivity contribution is 5.91. The summed E-state index contributed by atoms with van der Waals surface area (Å²) in [4.78, 5) is 25.2. The van der Waals surface area contributed by atoms with Gasteiger partial charge in [-0.3, -0.25) is 9.59 Å². The molecule has 7 nitrogen and oxygen atoms in total. The normalized spacial score (nSPS) is 32.7. The molecule has 4 atom stereocenters. The van der Waals surface area contributed by atoms with Crippen LogP contribution in [0.3, 0.4) is 0 Å². The average Bonchev–Trinajstić information content (AvgIpc) is 3.22. The van der Waals surface area contributed by atoms with Crippen molar-refractivity contribution in [2.75, 3.05) is 13.1 Å². The summed E-state index contributed by atoms with van der Waals surface area (Å²) >= 11 is 0. The van der Waals surface area contributed by atoms with Crippen LogP contribution in [0.5, 0.6) is 0 Å². The van der Waals surface area contributed by atoms with E-state index < -0.39 is 0 Å². The maximum atomic E-state index is 12.4. The van der Waals surface area contributed by atoms with Crippen molar-refractivity contribution in [3.63, 3.8) is 0 Å². The number of aromatic nitrogens is 3. The number of rotatable bonds is 5. The molecular formula is C16H24N5O2+. The van der Waals surface area contributed by atoms with Gasteiger partial charge >= 0.3 is 0 Å². The third-order valence-electron chi connectivity index (χ3n) is 5.62. The fourth-order valence-corrected chi connectivity index (χ4v) is 4.13. The minimum atomic E-state index is -0.0501. The van der Waals surface area contributed by atoms with E-state index in [0.717, 1.165) is 45.3 Å². The number of amides is 1. The Morgan fingerprint density at radius 3 is 2.83 bits per heavy atom. The number of nitrogens with one attached hydrogen (secondary N) is 2. The first-order valence-corrected chi connectivity index (χ1v) is 8.66. The summed E-state index contributed by atoms with van der Waals surface area (Å²) in [6.45, 7) is 4.36. The van der Waals surface area contributed by atoms with Gasteiger partial charge in [0.2, 0.25) is 5.91 Å². The van der Waals surface area contributed by atoms with Crippen molar-refractivity contribution < 1.29 is 14.5 Å². The lowest BCUT2D eigenvalue weighted by Gasteiger charge is -2.46. The molecule has 4 aliphatic rings. The van der Waals surface area contributed by atoms with E-state index in [-0.39, 0.29) is 17.6 Å². The molecule has 5 rings (SSSR count). The topological polar surface area (TPSA) is 81.3 Å². The monoisotopic (exact) mass is 318 g/mol. The number of hydrogen-bond acceptors (Lipinski definition) is 4. The first-order chi connectivity index (χ1) is 11.1. The van der Waals surface area contributed by atoms with Crippen molar-refractivity contribution in [2.45, 2.75) is 51.2 Å². The Labute approximate surface area is 135 Å². The molecule has 4 fully saturated rings. The van der Waals surface area contributed by atoms with Gasteiger partial charge in [-0.2, -0.15) is 0 Å². The van der Waals surface area contributed by atoms with Gasteiger partial charge in [0.25, 0.3) is 0 Å². The fourth-order valence-electron chi connectivity index (χ4n) is 4.13. The maximum Gasteiger partial charge on any atom is 0.229 e. The Hall–Kier alpha value is -1.76. The van der Waals surface area contributed by atoms with Gasteiger partial charge in [0.15, 0.2) is 5.78 Å². The minimum Gasteiger partial charge on any atom is -0.353 e. The van der Waals surface area contributed by atoms with E-state index in [1.54, 1.807) is 10.9 Å². The highest BCUT2D eigenvalue weighted by Crippen LogP contribution is 2.29. The van der Waals surface area contributed by atoms with Gasteiger partial charge in [-0.25, -0.2) is 4.68 Å². The molecule has 1 amide bonds. The van der Waals surface area contributed by atoms with Crippen LogP contribution in [-0.4, -0.2) is 51.9 Å². The lowest BCUT2D eigenvalue weighted by atomic mass is 9.75. The molecule has 2 bridgehead atoms. The van der Waals surface area contributed by atoms with Crippen molar-refractivity contribution in [2.24, 2.45) is 11.8 Å². The lowest BCUT2D eigenvalue weighted by molar-refractivity contribution is -0.945. The zero-order valence-electron chi connectivity index (χ0n) is 13.5. The van der Waals surface area contributed by atoms with Crippen LogP contribution < -0.4 is 10.2 Å². The predicted molar refractivity (Wildman–Crippen MR) is 81.9 cm³/mol. The molecule has 1 saturated carbocycles. The molecule has 7 heteroatoms. The van der Waals surface area contributed by atoms with Crippen LogP contribution in [0, 0.1) is 11.8 Å². The zero-order chi connectivity index (χ0) is 16.0. The molecule has 23 heavy (non-hydrogen) atoms. The Balaban J connectivity index is 1.39. The van der Waals surface area contributed by atoms with E-state index in [9.17, 15) is 9.59 Å². The van der Waals surface area contributed by atoms with E-state index in [0.29, 0.717) is 23.7 Å². The molecule has 124 valence electrons. The van der Waals surface area contributed by atoms with E-state index >= 15 is 0 Å². The van der Waals surface area contributed by atoms with Gasteiger partial charge < -0.3 is 10.2 Å². The molecule has 1 aromatic rings. The van der Waals surface area contributed by atoms with Crippen molar-refractivity contribution in [3.8, 4) is 0 Å². The standard InChI is InChI=1S/C16H23N5O2/c1-10(22)15-9-21(19-18-15)7-13-6-11-4-5-20(13)8-14(11)16(23)17-12-2-3-12/h9,11-14H,2-8H2,1H3,(H,17,23)/p+1/t11-,13+,14-/m0/s1. The number of piperidine rings is 3. The Bertz CT molecular complexity index is 624. The summed E-state index contributed by atoms with van der Waals surface area (Å²) in [6.07, 6.45) is 6.24. The number of ketones is 1. The Kier molecular flexibility index (Phi) is 3.67.